The van der Waals surface area contributed by atoms with Crippen LogP contribution in [0.15, 0.2) is 22.7 Å². The average molecular weight is 358 g/mol. The van der Waals surface area contributed by atoms with Crippen molar-refractivity contribution in [3.8, 4) is 0 Å². The number of methoxy groups -OCH3 is 1. The Balaban J connectivity index is 2.09. The monoisotopic (exact) mass is 357 g/mol. The summed E-state index contributed by atoms with van der Waals surface area (Å²) in [5.41, 5.74) is 1.12. The standard InChI is InChI=1S/C17H25BrFNO/c1-20-16(10-13-8-9-14(19)11-15(13)18)17(21-2)12-6-4-3-5-7-12/h8-9,11-12,16-17,20H,3-7,10H2,1-2H3. The van der Waals surface area contributed by atoms with Gasteiger partial charge in [-0.15, -0.1) is 0 Å². The fourth-order valence-electron chi connectivity index (χ4n) is 3.45. The molecule has 1 aliphatic carbocycles. The normalized spacial score (nSPS) is 19.4. The van der Waals surface area contributed by atoms with E-state index >= 15 is 0 Å². The van der Waals surface area contributed by atoms with Gasteiger partial charge in [0, 0.05) is 17.6 Å². The van der Waals surface area contributed by atoms with Crippen LogP contribution in [0.4, 0.5) is 4.39 Å². The largest absolute Gasteiger partial charge is 0.380 e. The number of likely N-dealkylation sites (N-methyl/N-ethyl adjacent to an activating group) is 1. The van der Waals surface area contributed by atoms with E-state index in [1.54, 1.807) is 0 Å². The smallest absolute Gasteiger partial charge is 0.124 e. The first-order valence-electron chi connectivity index (χ1n) is 7.79. The van der Waals surface area contributed by atoms with Crippen molar-refractivity contribution in [2.45, 2.75) is 50.7 Å². The molecule has 2 nitrogen and oxygen atoms in total. The number of nitrogens with one attached hydrogen (secondary N) is 1. The predicted molar refractivity (Wildman–Crippen MR) is 88.0 cm³/mol. The lowest BCUT2D eigenvalue weighted by atomic mass is 9.81. The summed E-state index contributed by atoms with van der Waals surface area (Å²) in [6.45, 7) is 0. The molecule has 4 heteroatoms. The molecular formula is C17H25BrFNO. The molecule has 1 aromatic rings. The molecule has 1 fully saturated rings. The van der Waals surface area contributed by atoms with Crippen LogP contribution in [-0.2, 0) is 11.2 Å². The van der Waals surface area contributed by atoms with E-state index in [0.29, 0.717) is 5.92 Å². The first kappa shape index (κ1) is 16.9. The van der Waals surface area contributed by atoms with Crippen molar-refractivity contribution in [3.63, 3.8) is 0 Å². The van der Waals surface area contributed by atoms with E-state index < -0.39 is 0 Å². The highest BCUT2D eigenvalue weighted by Gasteiger charge is 2.30. The van der Waals surface area contributed by atoms with Crippen molar-refractivity contribution >= 4 is 15.9 Å². The average Bonchev–Trinajstić information content (AvgIpc) is 2.50. The van der Waals surface area contributed by atoms with Crippen LogP contribution in [0.3, 0.4) is 0 Å². The maximum Gasteiger partial charge on any atom is 0.124 e. The second-order valence-electron chi connectivity index (χ2n) is 5.93. The zero-order valence-electron chi connectivity index (χ0n) is 12.9. The topological polar surface area (TPSA) is 21.3 Å². The SMILES string of the molecule is CNC(Cc1ccc(F)cc1Br)C(OC)C1CCCCC1. The summed E-state index contributed by atoms with van der Waals surface area (Å²) >= 11 is 3.46. The van der Waals surface area contributed by atoms with E-state index in [1.807, 2.05) is 20.2 Å². The van der Waals surface area contributed by atoms with Gasteiger partial charge in [-0.3, -0.25) is 0 Å². The molecule has 0 spiro atoms. The fraction of sp³-hybridized carbons (Fsp3) is 0.647. The van der Waals surface area contributed by atoms with Gasteiger partial charge in [0.05, 0.1) is 6.10 Å². The fourth-order valence-corrected chi connectivity index (χ4v) is 3.97. The number of hydrogen-bond acceptors (Lipinski definition) is 2. The van der Waals surface area contributed by atoms with Gasteiger partial charge in [0.25, 0.3) is 0 Å². The predicted octanol–water partition coefficient (Wildman–Crippen LogP) is 4.31. The molecule has 0 aliphatic heterocycles. The van der Waals surface area contributed by atoms with Crippen molar-refractivity contribution < 1.29 is 9.13 Å². The van der Waals surface area contributed by atoms with E-state index in [4.69, 9.17) is 4.74 Å². The van der Waals surface area contributed by atoms with Crippen LogP contribution in [0.25, 0.3) is 0 Å². The summed E-state index contributed by atoms with van der Waals surface area (Å²) in [4.78, 5) is 0. The number of benzene rings is 1. The van der Waals surface area contributed by atoms with E-state index in [0.717, 1.165) is 16.5 Å². The van der Waals surface area contributed by atoms with Gasteiger partial charge in [0.1, 0.15) is 5.82 Å². The maximum atomic E-state index is 13.2. The van der Waals surface area contributed by atoms with E-state index in [9.17, 15) is 4.39 Å². The third kappa shape index (κ3) is 4.51. The van der Waals surface area contributed by atoms with E-state index in [2.05, 4.69) is 21.2 Å². The molecule has 1 aromatic carbocycles. The third-order valence-electron chi connectivity index (χ3n) is 4.61. The second kappa shape index (κ2) is 8.25. The lowest BCUT2D eigenvalue weighted by Gasteiger charge is -2.35. The molecule has 2 unspecified atom stereocenters. The molecule has 1 N–H and O–H groups in total. The first-order valence-corrected chi connectivity index (χ1v) is 8.59. The molecule has 2 atom stereocenters. The lowest BCUT2D eigenvalue weighted by Crippen LogP contribution is -2.45. The van der Waals surface area contributed by atoms with Crippen LogP contribution in [0, 0.1) is 11.7 Å². The van der Waals surface area contributed by atoms with Gasteiger partial charge < -0.3 is 10.1 Å². The number of ether oxygens (including phenoxy) is 1. The molecule has 0 bridgehead atoms. The molecule has 1 saturated carbocycles. The van der Waals surface area contributed by atoms with Crippen LogP contribution in [0.5, 0.6) is 0 Å². The molecule has 0 aromatic heterocycles. The zero-order valence-corrected chi connectivity index (χ0v) is 14.5. The van der Waals surface area contributed by atoms with Gasteiger partial charge in [0.15, 0.2) is 0 Å². The Labute approximate surface area is 135 Å². The van der Waals surface area contributed by atoms with Gasteiger partial charge in [-0.05, 0) is 49.9 Å². The molecule has 0 radical (unpaired) electrons. The van der Waals surface area contributed by atoms with Gasteiger partial charge >= 0.3 is 0 Å². The summed E-state index contributed by atoms with van der Waals surface area (Å²) in [7, 11) is 3.79. The number of rotatable bonds is 6. The summed E-state index contributed by atoms with van der Waals surface area (Å²) in [5, 5.41) is 3.40. The van der Waals surface area contributed by atoms with Crippen molar-refractivity contribution in [1.82, 2.24) is 5.32 Å². The molecule has 21 heavy (non-hydrogen) atoms. The van der Waals surface area contributed by atoms with Crippen molar-refractivity contribution in [2.24, 2.45) is 5.92 Å². The van der Waals surface area contributed by atoms with E-state index in [1.165, 1.54) is 44.2 Å². The summed E-state index contributed by atoms with van der Waals surface area (Å²) < 4.78 is 19.9. The van der Waals surface area contributed by atoms with Crippen LogP contribution < -0.4 is 5.32 Å². The van der Waals surface area contributed by atoms with E-state index in [-0.39, 0.29) is 18.0 Å². The first-order chi connectivity index (χ1) is 10.2. The molecule has 0 saturated heterocycles. The van der Waals surface area contributed by atoms with Crippen molar-refractivity contribution in [1.29, 1.82) is 0 Å². The minimum absolute atomic E-state index is 0.206. The molecule has 0 heterocycles. The Morgan fingerprint density at radius 3 is 2.62 bits per heavy atom. The Bertz CT molecular complexity index is 448. The van der Waals surface area contributed by atoms with Gasteiger partial charge in [0.2, 0.25) is 0 Å². The molecular weight excluding hydrogens is 333 g/mol. The Morgan fingerprint density at radius 2 is 2.05 bits per heavy atom. The minimum atomic E-state index is -0.206. The van der Waals surface area contributed by atoms with Gasteiger partial charge in [-0.2, -0.15) is 0 Å². The highest BCUT2D eigenvalue weighted by Crippen LogP contribution is 2.31. The lowest BCUT2D eigenvalue weighted by molar-refractivity contribution is 0.0101. The van der Waals surface area contributed by atoms with Crippen LogP contribution in [0.1, 0.15) is 37.7 Å². The minimum Gasteiger partial charge on any atom is -0.380 e. The van der Waals surface area contributed by atoms with Crippen LogP contribution in [0.2, 0.25) is 0 Å². The molecule has 2 rings (SSSR count). The Morgan fingerprint density at radius 1 is 1.33 bits per heavy atom. The highest BCUT2D eigenvalue weighted by atomic mass is 79.9. The second-order valence-corrected chi connectivity index (χ2v) is 6.79. The summed E-state index contributed by atoms with van der Waals surface area (Å²) in [6.07, 6.45) is 7.52. The number of hydrogen-bond donors (Lipinski definition) is 1. The van der Waals surface area contributed by atoms with Crippen LogP contribution in [-0.4, -0.2) is 26.3 Å². The van der Waals surface area contributed by atoms with Gasteiger partial charge in [-0.25, -0.2) is 4.39 Å². The molecule has 0 amide bonds. The molecule has 1 aliphatic rings. The van der Waals surface area contributed by atoms with Crippen molar-refractivity contribution in [3.05, 3.63) is 34.1 Å². The van der Waals surface area contributed by atoms with Crippen LogP contribution >= 0.6 is 15.9 Å². The maximum absolute atomic E-state index is 13.2. The third-order valence-corrected chi connectivity index (χ3v) is 5.35. The quantitative estimate of drug-likeness (QED) is 0.818. The number of halogens is 2. The summed E-state index contributed by atoms with van der Waals surface area (Å²) in [5.74, 6) is 0.419. The Hall–Kier alpha value is -0.450. The van der Waals surface area contributed by atoms with Crippen molar-refractivity contribution in [2.75, 3.05) is 14.2 Å². The highest BCUT2D eigenvalue weighted by molar-refractivity contribution is 9.10. The summed E-state index contributed by atoms with van der Waals surface area (Å²) in [6, 6.07) is 5.16. The Kier molecular flexibility index (Phi) is 6.65. The van der Waals surface area contributed by atoms with Gasteiger partial charge in [-0.1, -0.05) is 41.3 Å². The zero-order chi connectivity index (χ0) is 15.2. The molecule has 118 valence electrons.